The summed E-state index contributed by atoms with van der Waals surface area (Å²) in [6.45, 7) is 9.39. The molecule has 2 aliphatic carbocycles. The fourth-order valence-electron chi connectivity index (χ4n) is 7.46. The summed E-state index contributed by atoms with van der Waals surface area (Å²) in [5.41, 5.74) is 12.4. The molecule has 0 saturated carbocycles. The molecule has 0 spiro atoms. The van der Waals surface area contributed by atoms with Gasteiger partial charge in [0.05, 0.1) is 0 Å². The van der Waals surface area contributed by atoms with Crippen LogP contribution in [0.3, 0.4) is 0 Å². The van der Waals surface area contributed by atoms with Crippen molar-refractivity contribution in [2.24, 2.45) is 0 Å². The maximum absolute atomic E-state index is 3.80. The van der Waals surface area contributed by atoms with Gasteiger partial charge in [-0.15, -0.1) is 0 Å². The van der Waals surface area contributed by atoms with E-state index in [2.05, 4.69) is 108 Å². The van der Waals surface area contributed by atoms with Crippen LogP contribution in [0.2, 0.25) is 0 Å². The topological polar surface area (TPSA) is 0 Å². The highest BCUT2D eigenvalue weighted by atomic mass is 79.9. The van der Waals surface area contributed by atoms with Gasteiger partial charge in [0.2, 0.25) is 0 Å². The molecule has 0 N–H and O–H groups in total. The molecule has 34 heavy (non-hydrogen) atoms. The zero-order chi connectivity index (χ0) is 24.1. The van der Waals surface area contributed by atoms with E-state index in [1.54, 1.807) is 11.1 Å². The van der Waals surface area contributed by atoms with Crippen molar-refractivity contribution in [3.8, 4) is 22.3 Å². The van der Waals surface area contributed by atoms with Crippen molar-refractivity contribution >= 4 is 31.9 Å². The Morgan fingerprint density at radius 2 is 0.794 bits per heavy atom. The maximum atomic E-state index is 3.80. The quantitative estimate of drug-likeness (QED) is 0.249. The van der Waals surface area contributed by atoms with Gasteiger partial charge in [-0.25, -0.2) is 0 Å². The van der Waals surface area contributed by atoms with E-state index in [1.807, 2.05) is 0 Å². The van der Waals surface area contributed by atoms with E-state index in [0.29, 0.717) is 0 Å². The Morgan fingerprint density at radius 3 is 1.12 bits per heavy atom. The van der Waals surface area contributed by atoms with Crippen LogP contribution in [0.4, 0.5) is 0 Å². The molecular weight excluding hydrogens is 544 g/mol. The third kappa shape index (κ3) is 3.42. The average molecular weight is 580 g/mol. The van der Waals surface area contributed by atoms with Crippen molar-refractivity contribution < 1.29 is 0 Å². The van der Waals surface area contributed by atoms with Crippen molar-refractivity contribution in [3.05, 3.63) is 79.7 Å². The summed E-state index contributed by atoms with van der Waals surface area (Å²) in [4.78, 5) is 0. The van der Waals surface area contributed by atoms with Gasteiger partial charge in [0.1, 0.15) is 0 Å². The van der Waals surface area contributed by atoms with Gasteiger partial charge >= 0.3 is 0 Å². The standard InChI is InChI=1S/C32H36Br2/c1-5-13-31(14-6-2)27-17-21(33)9-11-23(27)25-20-30-26(19-29(25)31)24-12-10-22(34)18-28(24)32(30,15-7-3)16-8-4/h9-12,17-20H,5-8,13-16H2,1-4H3. The molecule has 0 bridgehead atoms. The summed E-state index contributed by atoms with van der Waals surface area (Å²) in [5, 5.41) is 0. The van der Waals surface area contributed by atoms with Gasteiger partial charge in [0, 0.05) is 19.8 Å². The van der Waals surface area contributed by atoms with Crippen LogP contribution in [-0.4, -0.2) is 0 Å². The van der Waals surface area contributed by atoms with Crippen LogP contribution in [0, 0.1) is 0 Å². The molecule has 0 nitrogen and oxygen atoms in total. The molecule has 0 saturated heterocycles. The molecule has 0 radical (unpaired) electrons. The molecule has 5 rings (SSSR count). The SMILES string of the molecule is CCCC1(CCC)c2cc(Br)ccc2-c2cc3c(cc21)-c1ccc(Br)cc1C3(CCC)CCC. The Labute approximate surface area is 222 Å². The van der Waals surface area contributed by atoms with Crippen molar-refractivity contribution in [1.82, 2.24) is 0 Å². The number of hydrogen-bond acceptors (Lipinski definition) is 0. The molecule has 3 aromatic rings. The second-order valence-corrected chi connectivity index (χ2v) is 12.3. The zero-order valence-electron chi connectivity index (χ0n) is 21.0. The number of rotatable bonds is 8. The van der Waals surface area contributed by atoms with Crippen LogP contribution in [0.15, 0.2) is 57.5 Å². The van der Waals surface area contributed by atoms with E-state index in [4.69, 9.17) is 0 Å². The Hall–Kier alpha value is -1.38. The fraction of sp³-hybridized carbons (Fsp3) is 0.438. The third-order valence-electron chi connectivity index (χ3n) is 8.47. The normalized spacial score (nSPS) is 16.2. The van der Waals surface area contributed by atoms with Crippen molar-refractivity contribution in [1.29, 1.82) is 0 Å². The van der Waals surface area contributed by atoms with Crippen LogP contribution in [0.25, 0.3) is 22.3 Å². The molecule has 0 fully saturated rings. The summed E-state index contributed by atoms with van der Waals surface area (Å²) in [6.07, 6.45) is 9.61. The Kier molecular flexibility index (Phi) is 6.61. The molecule has 0 heterocycles. The van der Waals surface area contributed by atoms with E-state index in [-0.39, 0.29) is 10.8 Å². The van der Waals surface area contributed by atoms with Crippen molar-refractivity contribution in [2.45, 2.75) is 89.9 Å². The molecule has 178 valence electrons. The van der Waals surface area contributed by atoms with Crippen LogP contribution < -0.4 is 0 Å². The first-order valence-electron chi connectivity index (χ1n) is 13.3. The first-order chi connectivity index (χ1) is 16.5. The van der Waals surface area contributed by atoms with Crippen LogP contribution >= 0.6 is 31.9 Å². The molecule has 0 atom stereocenters. The molecule has 0 aliphatic heterocycles. The largest absolute Gasteiger partial charge is 0.0653 e. The summed E-state index contributed by atoms with van der Waals surface area (Å²) >= 11 is 7.60. The second-order valence-electron chi connectivity index (χ2n) is 10.5. The number of halogens is 2. The lowest BCUT2D eigenvalue weighted by Gasteiger charge is -2.34. The minimum atomic E-state index is 0.114. The second kappa shape index (κ2) is 9.25. The molecule has 2 heteroatoms. The van der Waals surface area contributed by atoms with E-state index in [9.17, 15) is 0 Å². The monoisotopic (exact) mass is 578 g/mol. The van der Waals surface area contributed by atoms with E-state index in [1.165, 1.54) is 93.7 Å². The highest BCUT2D eigenvalue weighted by Crippen LogP contribution is 2.60. The molecular formula is C32H36Br2. The van der Waals surface area contributed by atoms with Crippen molar-refractivity contribution in [2.75, 3.05) is 0 Å². The minimum Gasteiger partial charge on any atom is -0.0653 e. The predicted octanol–water partition coefficient (Wildman–Crippen LogP) is 10.9. The first-order valence-corrected chi connectivity index (χ1v) is 14.8. The number of hydrogen-bond donors (Lipinski definition) is 0. The maximum Gasteiger partial charge on any atom is 0.0215 e. The van der Waals surface area contributed by atoms with Crippen LogP contribution in [0.1, 0.15) is 101 Å². The summed E-state index contributed by atoms with van der Waals surface area (Å²) < 4.78 is 2.40. The first kappa shape index (κ1) is 24.3. The Morgan fingerprint density at radius 1 is 0.471 bits per heavy atom. The number of fused-ring (bicyclic) bond motifs is 6. The lowest BCUT2D eigenvalue weighted by molar-refractivity contribution is 0.431. The van der Waals surface area contributed by atoms with Gasteiger partial charge in [-0.2, -0.15) is 0 Å². The predicted molar refractivity (Wildman–Crippen MR) is 154 cm³/mol. The van der Waals surface area contributed by atoms with Gasteiger partial charge in [0.15, 0.2) is 0 Å². The minimum absolute atomic E-state index is 0.114. The molecule has 2 aliphatic rings. The highest BCUT2D eigenvalue weighted by Gasteiger charge is 2.47. The van der Waals surface area contributed by atoms with Gasteiger partial charge in [-0.05, 0) is 107 Å². The lowest BCUT2D eigenvalue weighted by Crippen LogP contribution is -2.26. The average Bonchev–Trinajstić information content (AvgIpc) is 3.21. The highest BCUT2D eigenvalue weighted by molar-refractivity contribution is 9.10. The van der Waals surface area contributed by atoms with E-state index >= 15 is 0 Å². The number of benzene rings is 3. The van der Waals surface area contributed by atoms with E-state index < -0.39 is 0 Å². The van der Waals surface area contributed by atoms with Crippen LogP contribution in [-0.2, 0) is 10.8 Å². The molecule has 0 amide bonds. The van der Waals surface area contributed by atoms with Crippen molar-refractivity contribution in [3.63, 3.8) is 0 Å². The summed E-state index contributed by atoms with van der Waals surface area (Å²) in [7, 11) is 0. The van der Waals surface area contributed by atoms with E-state index in [0.717, 1.165) is 0 Å². The third-order valence-corrected chi connectivity index (χ3v) is 9.46. The van der Waals surface area contributed by atoms with Gasteiger partial charge in [-0.3, -0.25) is 0 Å². The van der Waals surface area contributed by atoms with Gasteiger partial charge in [0.25, 0.3) is 0 Å². The smallest absolute Gasteiger partial charge is 0.0215 e. The molecule has 0 unspecified atom stereocenters. The fourth-order valence-corrected chi connectivity index (χ4v) is 8.18. The van der Waals surface area contributed by atoms with Gasteiger partial charge in [-0.1, -0.05) is 97.4 Å². The summed E-state index contributed by atoms with van der Waals surface area (Å²) in [6, 6.07) is 19.3. The molecule has 3 aromatic carbocycles. The van der Waals surface area contributed by atoms with Crippen LogP contribution in [0.5, 0.6) is 0 Å². The van der Waals surface area contributed by atoms with Gasteiger partial charge < -0.3 is 0 Å². The Balaban J connectivity index is 1.86. The molecule has 0 aromatic heterocycles. The zero-order valence-corrected chi connectivity index (χ0v) is 24.2. The Bertz CT molecular complexity index is 1130. The summed E-state index contributed by atoms with van der Waals surface area (Å²) in [5.74, 6) is 0. The lowest BCUT2D eigenvalue weighted by atomic mass is 9.69.